The van der Waals surface area contributed by atoms with Crippen LogP contribution in [0.4, 0.5) is 0 Å². The first kappa shape index (κ1) is 27.4. The summed E-state index contributed by atoms with van der Waals surface area (Å²) in [5.41, 5.74) is 2.69. The van der Waals surface area contributed by atoms with E-state index in [0.717, 1.165) is 25.6 Å². The number of nitrogens with zero attached hydrogens (tertiary/aromatic N) is 6. The lowest BCUT2D eigenvalue weighted by molar-refractivity contribution is 0.0206. The molecule has 3 rings (SSSR count). The second kappa shape index (κ2) is 12.6. The van der Waals surface area contributed by atoms with Gasteiger partial charge in [-0.2, -0.15) is 5.10 Å². The van der Waals surface area contributed by atoms with Crippen molar-refractivity contribution in [3.8, 4) is 0 Å². The van der Waals surface area contributed by atoms with Gasteiger partial charge in [0.1, 0.15) is 0 Å². The molecule has 0 radical (unpaired) electrons. The molecule has 2 saturated heterocycles. The predicted octanol–water partition coefficient (Wildman–Crippen LogP) is 3.51. The summed E-state index contributed by atoms with van der Waals surface area (Å²) < 4.78 is 1.94. The second-order valence-corrected chi connectivity index (χ2v) is 9.97. The largest absolute Gasteiger partial charge is 0.357 e. The van der Waals surface area contributed by atoms with Gasteiger partial charge in [-0.25, -0.2) is 0 Å². The molecule has 1 N–H and O–H groups in total. The number of aromatic nitrogens is 2. The van der Waals surface area contributed by atoms with Gasteiger partial charge in [0.15, 0.2) is 5.96 Å². The van der Waals surface area contributed by atoms with Crippen molar-refractivity contribution >= 4 is 29.9 Å². The highest BCUT2D eigenvalue weighted by atomic mass is 127. The van der Waals surface area contributed by atoms with Crippen LogP contribution in [0.1, 0.15) is 70.1 Å². The summed E-state index contributed by atoms with van der Waals surface area (Å²) >= 11 is 0. The molecule has 0 unspecified atom stereocenters. The Balaban J connectivity index is 0.00000363. The van der Waals surface area contributed by atoms with Crippen molar-refractivity contribution in [2.75, 3.05) is 53.4 Å². The molecule has 2 aliphatic rings. The zero-order chi connectivity index (χ0) is 22.4. The van der Waals surface area contributed by atoms with Gasteiger partial charge in [0.05, 0.1) is 12.2 Å². The van der Waals surface area contributed by atoms with Crippen LogP contribution in [0.5, 0.6) is 0 Å². The number of piperidine rings is 2. The topological polar surface area (TPSA) is 51.9 Å². The molecule has 7 nitrogen and oxygen atoms in total. The van der Waals surface area contributed by atoms with Gasteiger partial charge in [-0.3, -0.25) is 14.6 Å². The van der Waals surface area contributed by atoms with E-state index in [1.807, 2.05) is 11.7 Å². The first-order valence-electron chi connectivity index (χ1n) is 12.3. The normalized spacial score (nSPS) is 20.3. The Morgan fingerprint density at radius 2 is 1.81 bits per heavy atom. The van der Waals surface area contributed by atoms with Crippen LogP contribution < -0.4 is 5.32 Å². The van der Waals surface area contributed by atoms with E-state index in [1.165, 1.54) is 69.5 Å². The highest BCUT2D eigenvalue weighted by molar-refractivity contribution is 14.0. The fraction of sp³-hybridized carbons (Fsp3) is 0.833. The lowest BCUT2D eigenvalue weighted by atomic mass is 9.84. The standard InChI is InChI=1S/C24H45N7.HI/c1-7-25-23(29(5)17-21-18-30(6)27-22(21)20(2)3)26-19-24(11-15-28(4)16-12-24)31-13-9-8-10-14-31;/h18,20H,7-17,19H2,1-6H3,(H,25,26);1H. The number of rotatable bonds is 7. The second-order valence-electron chi connectivity index (χ2n) is 9.97. The minimum atomic E-state index is 0. The molecular weight excluding hydrogens is 513 g/mol. The third-order valence-electron chi connectivity index (χ3n) is 7.06. The molecular formula is C24H46IN7. The maximum Gasteiger partial charge on any atom is 0.194 e. The summed E-state index contributed by atoms with van der Waals surface area (Å²) in [6.45, 7) is 14.0. The fourth-order valence-electron chi connectivity index (χ4n) is 5.16. The smallest absolute Gasteiger partial charge is 0.194 e. The predicted molar refractivity (Wildman–Crippen MR) is 145 cm³/mol. The molecule has 0 aliphatic carbocycles. The van der Waals surface area contributed by atoms with Gasteiger partial charge in [0, 0.05) is 44.5 Å². The van der Waals surface area contributed by atoms with Gasteiger partial charge in [-0.15, -0.1) is 24.0 Å². The van der Waals surface area contributed by atoms with E-state index in [1.54, 1.807) is 0 Å². The number of aryl methyl sites for hydroxylation is 1. The van der Waals surface area contributed by atoms with Crippen molar-refractivity contribution in [3.05, 3.63) is 17.5 Å². The van der Waals surface area contributed by atoms with Crippen LogP contribution in [0.15, 0.2) is 11.2 Å². The van der Waals surface area contributed by atoms with E-state index in [9.17, 15) is 0 Å². The van der Waals surface area contributed by atoms with Crippen molar-refractivity contribution in [1.29, 1.82) is 0 Å². The number of hydrogen-bond donors (Lipinski definition) is 1. The molecule has 0 saturated carbocycles. The fourth-order valence-corrected chi connectivity index (χ4v) is 5.16. The molecule has 0 bridgehead atoms. The zero-order valence-corrected chi connectivity index (χ0v) is 23.6. The highest BCUT2D eigenvalue weighted by Crippen LogP contribution is 2.32. The zero-order valence-electron chi connectivity index (χ0n) is 21.2. The van der Waals surface area contributed by atoms with Gasteiger partial charge >= 0.3 is 0 Å². The average Bonchev–Trinajstić information content (AvgIpc) is 3.13. The van der Waals surface area contributed by atoms with Gasteiger partial charge in [-0.05, 0) is 71.8 Å². The summed E-state index contributed by atoms with van der Waals surface area (Å²) in [4.78, 5) is 12.7. The van der Waals surface area contributed by atoms with Crippen LogP contribution >= 0.6 is 24.0 Å². The summed E-state index contributed by atoms with van der Waals surface area (Å²) in [7, 11) is 6.42. The maximum absolute atomic E-state index is 5.23. The number of aliphatic imine (C=N–C) groups is 1. The van der Waals surface area contributed by atoms with E-state index in [0.29, 0.717) is 5.92 Å². The van der Waals surface area contributed by atoms with Crippen LogP contribution in [0.2, 0.25) is 0 Å². The summed E-state index contributed by atoms with van der Waals surface area (Å²) in [5, 5.41) is 8.23. The van der Waals surface area contributed by atoms with Crippen LogP contribution in [-0.4, -0.2) is 89.3 Å². The lowest BCUT2D eigenvalue weighted by Gasteiger charge is -2.49. The minimum absolute atomic E-state index is 0. The third kappa shape index (κ3) is 6.82. The molecule has 2 aliphatic heterocycles. The molecule has 2 fully saturated rings. The Morgan fingerprint density at radius 3 is 2.41 bits per heavy atom. The first-order chi connectivity index (χ1) is 14.8. The monoisotopic (exact) mass is 559 g/mol. The van der Waals surface area contributed by atoms with Crippen molar-refractivity contribution in [2.45, 2.75) is 70.9 Å². The Morgan fingerprint density at radius 1 is 1.16 bits per heavy atom. The van der Waals surface area contributed by atoms with Crippen LogP contribution in [0.25, 0.3) is 0 Å². The molecule has 0 spiro atoms. The van der Waals surface area contributed by atoms with E-state index >= 15 is 0 Å². The Kier molecular flexibility index (Phi) is 10.7. The first-order valence-corrected chi connectivity index (χ1v) is 12.3. The van der Waals surface area contributed by atoms with Gasteiger partial charge in [0.25, 0.3) is 0 Å². The minimum Gasteiger partial charge on any atom is -0.357 e. The van der Waals surface area contributed by atoms with Crippen molar-refractivity contribution in [1.82, 2.24) is 29.8 Å². The Labute approximate surface area is 213 Å². The van der Waals surface area contributed by atoms with Crippen molar-refractivity contribution in [2.24, 2.45) is 12.0 Å². The number of guanidine groups is 1. The van der Waals surface area contributed by atoms with Gasteiger partial charge in [-0.1, -0.05) is 20.3 Å². The number of likely N-dealkylation sites (tertiary alicyclic amines) is 2. The average molecular weight is 560 g/mol. The van der Waals surface area contributed by atoms with Crippen LogP contribution in [0, 0.1) is 0 Å². The molecule has 1 aromatic heterocycles. The Bertz CT molecular complexity index is 716. The van der Waals surface area contributed by atoms with Gasteiger partial charge < -0.3 is 15.1 Å². The third-order valence-corrected chi connectivity index (χ3v) is 7.06. The van der Waals surface area contributed by atoms with Gasteiger partial charge in [0.2, 0.25) is 0 Å². The van der Waals surface area contributed by atoms with E-state index in [-0.39, 0.29) is 29.5 Å². The summed E-state index contributed by atoms with van der Waals surface area (Å²) in [5.74, 6) is 1.43. The summed E-state index contributed by atoms with van der Waals surface area (Å²) in [6.07, 6.45) is 8.64. The Hall–Kier alpha value is -0.870. The molecule has 1 aromatic rings. The lowest BCUT2D eigenvalue weighted by Crippen LogP contribution is -2.58. The summed E-state index contributed by atoms with van der Waals surface area (Å²) in [6, 6.07) is 0. The van der Waals surface area contributed by atoms with E-state index < -0.39 is 0 Å². The number of hydrogen-bond acceptors (Lipinski definition) is 4. The van der Waals surface area contributed by atoms with Crippen LogP contribution in [-0.2, 0) is 13.6 Å². The maximum atomic E-state index is 5.23. The molecule has 32 heavy (non-hydrogen) atoms. The van der Waals surface area contributed by atoms with Crippen molar-refractivity contribution in [3.63, 3.8) is 0 Å². The molecule has 0 aromatic carbocycles. The molecule has 3 heterocycles. The van der Waals surface area contributed by atoms with E-state index in [4.69, 9.17) is 4.99 Å². The molecule has 0 atom stereocenters. The molecule has 0 amide bonds. The quantitative estimate of drug-likeness (QED) is 0.315. The SMILES string of the molecule is CCNC(=NCC1(N2CCCCC2)CCN(C)CC1)N(C)Cc1cn(C)nc1C(C)C.I. The van der Waals surface area contributed by atoms with Crippen molar-refractivity contribution < 1.29 is 0 Å². The van der Waals surface area contributed by atoms with E-state index in [2.05, 4.69) is 66.2 Å². The molecule has 184 valence electrons. The highest BCUT2D eigenvalue weighted by Gasteiger charge is 2.39. The number of halogens is 1. The van der Waals surface area contributed by atoms with Crippen LogP contribution in [0.3, 0.4) is 0 Å². The molecule has 8 heteroatoms. The number of nitrogens with one attached hydrogen (secondary N) is 1.